The molecule has 3 nitrogen and oxygen atoms in total. The van der Waals surface area contributed by atoms with E-state index in [1.165, 1.54) is 7.11 Å². The number of rotatable bonds is 3. The number of carbonyl (C=O) groups is 2. The summed E-state index contributed by atoms with van der Waals surface area (Å²) >= 11 is 0. The predicted octanol–water partition coefficient (Wildman–Crippen LogP) is 2.63. The molecule has 3 heteroatoms. The van der Waals surface area contributed by atoms with Crippen LogP contribution in [0.4, 0.5) is 0 Å². The SMILES string of the molecule is COC(=O)C(=O)c1ccc(CC(C)(C)C)cc1. The lowest BCUT2D eigenvalue weighted by Gasteiger charge is -2.18. The topological polar surface area (TPSA) is 43.4 Å². The van der Waals surface area contributed by atoms with Gasteiger partial charge >= 0.3 is 5.97 Å². The van der Waals surface area contributed by atoms with Crippen LogP contribution in [0.2, 0.25) is 0 Å². The van der Waals surface area contributed by atoms with E-state index in [9.17, 15) is 9.59 Å². The zero-order valence-electron chi connectivity index (χ0n) is 10.7. The Kier molecular flexibility index (Phi) is 4.05. The van der Waals surface area contributed by atoms with E-state index in [0.29, 0.717) is 5.56 Å². The highest BCUT2D eigenvalue weighted by molar-refractivity contribution is 6.40. The second-order valence-corrected chi connectivity index (χ2v) is 5.26. The van der Waals surface area contributed by atoms with Gasteiger partial charge in [0.25, 0.3) is 5.78 Å². The Morgan fingerprint density at radius 2 is 1.65 bits per heavy atom. The van der Waals surface area contributed by atoms with Crippen molar-refractivity contribution in [3.63, 3.8) is 0 Å². The van der Waals surface area contributed by atoms with Crippen LogP contribution >= 0.6 is 0 Å². The molecule has 0 radical (unpaired) electrons. The Balaban J connectivity index is 2.82. The van der Waals surface area contributed by atoms with Gasteiger partial charge in [0.1, 0.15) is 0 Å². The second-order valence-electron chi connectivity index (χ2n) is 5.26. The lowest BCUT2D eigenvalue weighted by Crippen LogP contribution is -2.15. The number of hydrogen-bond acceptors (Lipinski definition) is 3. The van der Waals surface area contributed by atoms with E-state index in [4.69, 9.17) is 0 Å². The van der Waals surface area contributed by atoms with Gasteiger partial charge in [-0.05, 0) is 17.4 Å². The smallest absolute Gasteiger partial charge is 0.379 e. The Bertz CT molecular complexity index is 410. The van der Waals surface area contributed by atoms with Gasteiger partial charge in [0, 0.05) is 5.56 Å². The highest BCUT2D eigenvalue weighted by Crippen LogP contribution is 2.20. The molecule has 0 aliphatic carbocycles. The Morgan fingerprint density at radius 1 is 1.12 bits per heavy atom. The summed E-state index contributed by atoms with van der Waals surface area (Å²) in [7, 11) is 1.20. The molecular formula is C14H18O3. The van der Waals surface area contributed by atoms with E-state index in [0.717, 1.165) is 12.0 Å². The van der Waals surface area contributed by atoms with Gasteiger partial charge in [0.05, 0.1) is 7.11 Å². The minimum atomic E-state index is -0.825. The molecular weight excluding hydrogens is 216 g/mol. The molecule has 0 aliphatic heterocycles. The van der Waals surface area contributed by atoms with Crippen LogP contribution in [0.3, 0.4) is 0 Å². The summed E-state index contributed by atoms with van der Waals surface area (Å²) in [5.41, 5.74) is 1.72. The molecule has 1 aromatic rings. The van der Waals surface area contributed by atoms with E-state index in [-0.39, 0.29) is 5.41 Å². The van der Waals surface area contributed by atoms with E-state index in [1.54, 1.807) is 12.1 Å². The summed E-state index contributed by atoms with van der Waals surface area (Å²) in [6, 6.07) is 7.09. The van der Waals surface area contributed by atoms with Crippen LogP contribution in [0.5, 0.6) is 0 Å². The summed E-state index contributed by atoms with van der Waals surface area (Å²) in [6.45, 7) is 6.46. The number of ether oxygens (including phenoxy) is 1. The van der Waals surface area contributed by atoms with Crippen molar-refractivity contribution in [1.29, 1.82) is 0 Å². The zero-order valence-corrected chi connectivity index (χ0v) is 10.7. The van der Waals surface area contributed by atoms with Crippen molar-refractivity contribution in [3.8, 4) is 0 Å². The molecule has 0 bridgehead atoms. The first kappa shape index (κ1) is 13.4. The summed E-state index contributed by atoms with van der Waals surface area (Å²) in [5.74, 6) is -1.43. The number of methoxy groups -OCH3 is 1. The van der Waals surface area contributed by atoms with Gasteiger partial charge in [-0.3, -0.25) is 4.79 Å². The first-order valence-electron chi connectivity index (χ1n) is 5.55. The number of ketones is 1. The summed E-state index contributed by atoms with van der Waals surface area (Å²) in [4.78, 5) is 22.6. The van der Waals surface area contributed by atoms with Gasteiger partial charge in [-0.15, -0.1) is 0 Å². The van der Waals surface area contributed by atoms with Crippen molar-refractivity contribution >= 4 is 11.8 Å². The van der Waals surface area contributed by atoms with Crippen LogP contribution in [-0.4, -0.2) is 18.9 Å². The second kappa shape index (κ2) is 5.13. The van der Waals surface area contributed by atoms with Crippen molar-refractivity contribution in [2.75, 3.05) is 7.11 Å². The maximum Gasteiger partial charge on any atom is 0.379 e. The largest absolute Gasteiger partial charge is 0.463 e. The molecule has 92 valence electrons. The van der Waals surface area contributed by atoms with Crippen molar-refractivity contribution in [2.24, 2.45) is 5.41 Å². The highest BCUT2D eigenvalue weighted by Gasteiger charge is 2.17. The minimum Gasteiger partial charge on any atom is -0.463 e. The van der Waals surface area contributed by atoms with Gasteiger partial charge in [-0.2, -0.15) is 0 Å². The predicted molar refractivity (Wildman–Crippen MR) is 65.9 cm³/mol. The van der Waals surface area contributed by atoms with Crippen LogP contribution in [0.25, 0.3) is 0 Å². The van der Waals surface area contributed by atoms with Crippen LogP contribution in [0.1, 0.15) is 36.7 Å². The van der Waals surface area contributed by atoms with Crippen molar-refractivity contribution in [3.05, 3.63) is 35.4 Å². The maximum absolute atomic E-state index is 11.5. The fraction of sp³-hybridized carbons (Fsp3) is 0.429. The normalized spacial score (nSPS) is 11.1. The van der Waals surface area contributed by atoms with E-state index in [2.05, 4.69) is 25.5 Å². The molecule has 0 aromatic heterocycles. The van der Waals surface area contributed by atoms with Crippen LogP contribution in [0.15, 0.2) is 24.3 Å². The molecule has 0 unspecified atom stereocenters. The number of esters is 1. The molecule has 0 saturated carbocycles. The lowest BCUT2D eigenvalue weighted by atomic mass is 9.88. The molecule has 0 saturated heterocycles. The third kappa shape index (κ3) is 4.02. The fourth-order valence-electron chi connectivity index (χ4n) is 1.60. The monoisotopic (exact) mass is 234 g/mol. The molecule has 1 aromatic carbocycles. The van der Waals surface area contributed by atoms with Gasteiger partial charge in [0.15, 0.2) is 0 Å². The fourth-order valence-corrected chi connectivity index (χ4v) is 1.60. The Hall–Kier alpha value is -1.64. The van der Waals surface area contributed by atoms with E-state index >= 15 is 0 Å². The van der Waals surface area contributed by atoms with Gasteiger partial charge < -0.3 is 4.74 Å². The van der Waals surface area contributed by atoms with E-state index in [1.807, 2.05) is 12.1 Å². The van der Waals surface area contributed by atoms with Gasteiger partial charge in [-0.25, -0.2) is 4.79 Å². The average molecular weight is 234 g/mol. The van der Waals surface area contributed by atoms with Crippen molar-refractivity contribution < 1.29 is 14.3 Å². The third-order valence-electron chi connectivity index (χ3n) is 2.32. The van der Waals surface area contributed by atoms with Crippen LogP contribution < -0.4 is 0 Å². The summed E-state index contributed by atoms with van der Waals surface area (Å²) in [5, 5.41) is 0. The maximum atomic E-state index is 11.5. The van der Waals surface area contributed by atoms with Gasteiger partial charge in [0.2, 0.25) is 0 Å². The number of benzene rings is 1. The highest BCUT2D eigenvalue weighted by atomic mass is 16.5. The minimum absolute atomic E-state index is 0.202. The number of hydrogen-bond donors (Lipinski definition) is 0. The van der Waals surface area contributed by atoms with Crippen LogP contribution in [0, 0.1) is 5.41 Å². The molecule has 1 rings (SSSR count). The van der Waals surface area contributed by atoms with Crippen molar-refractivity contribution in [2.45, 2.75) is 27.2 Å². The molecule has 0 N–H and O–H groups in total. The molecule has 0 spiro atoms. The number of carbonyl (C=O) groups excluding carboxylic acids is 2. The number of Topliss-reactive ketones (excluding diaryl/α,β-unsaturated/α-hetero) is 1. The Labute approximate surface area is 102 Å². The quantitative estimate of drug-likeness (QED) is 0.458. The standard InChI is InChI=1S/C14H18O3/c1-14(2,3)9-10-5-7-11(8-6-10)12(15)13(16)17-4/h5-8H,9H2,1-4H3. The zero-order chi connectivity index (χ0) is 13.1. The third-order valence-corrected chi connectivity index (χ3v) is 2.32. The summed E-state index contributed by atoms with van der Waals surface area (Å²) in [6.07, 6.45) is 0.930. The van der Waals surface area contributed by atoms with Crippen molar-refractivity contribution in [1.82, 2.24) is 0 Å². The first-order chi connectivity index (χ1) is 7.83. The molecule has 0 fully saturated rings. The molecule has 0 amide bonds. The molecule has 0 heterocycles. The summed E-state index contributed by atoms with van der Waals surface area (Å²) < 4.78 is 4.39. The molecule has 0 atom stereocenters. The average Bonchev–Trinajstić information content (AvgIpc) is 2.26. The molecule has 0 aliphatic rings. The van der Waals surface area contributed by atoms with Crippen LogP contribution in [-0.2, 0) is 16.0 Å². The molecule has 17 heavy (non-hydrogen) atoms. The van der Waals surface area contributed by atoms with E-state index < -0.39 is 11.8 Å². The first-order valence-corrected chi connectivity index (χ1v) is 5.55. The lowest BCUT2D eigenvalue weighted by molar-refractivity contribution is -0.135. The van der Waals surface area contributed by atoms with Gasteiger partial charge in [-0.1, -0.05) is 45.0 Å². The Morgan fingerprint density at radius 3 is 2.06 bits per heavy atom.